The first-order valence-electron chi connectivity index (χ1n) is 8.10. The van der Waals surface area contributed by atoms with Gasteiger partial charge in [0.15, 0.2) is 5.82 Å². The maximum absolute atomic E-state index is 12.4. The van der Waals surface area contributed by atoms with E-state index < -0.39 is 12.0 Å². The first-order valence-corrected chi connectivity index (χ1v) is 8.10. The fraction of sp³-hybridized carbons (Fsp3) is 0.412. The molecule has 2 rings (SSSR count). The van der Waals surface area contributed by atoms with Crippen molar-refractivity contribution in [2.24, 2.45) is 0 Å². The van der Waals surface area contributed by atoms with Crippen LogP contribution in [-0.2, 0) is 4.74 Å². The highest BCUT2D eigenvalue weighted by Crippen LogP contribution is 2.26. The molecule has 26 heavy (non-hydrogen) atoms. The molecule has 0 unspecified atom stereocenters. The van der Waals surface area contributed by atoms with E-state index in [0.29, 0.717) is 22.8 Å². The Bertz CT molecular complexity index is 787. The molecule has 0 saturated heterocycles. The molecule has 2 N–H and O–H groups in total. The van der Waals surface area contributed by atoms with Gasteiger partial charge in [0.05, 0.1) is 31.5 Å². The third-order valence-electron chi connectivity index (χ3n) is 3.76. The zero-order valence-corrected chi connectivity index (χ0v) is 15.4. The number of carbonyl (C=O) groups is 2. The molecule has 2 aromatic rings. The summed E-state index contributed by atoms with van der Waals surface area (Å²) in [7, 11) is 2.77. The lowest BCUT2D eigenvalue weighted by atomic mass is 10.2. The smallest absolute Gasteiger partial charge is 0.337 e. The summed E-state index contributed by atoms with van der Waals surface area (Å²) in [5.41, 5.74) is 0.654. The van der Waals surface area contributed by atoms with Gasteiger partial charge in [0.1, 0.15) is 12.1 Å². The zero-order chi connectivity index (χ0) is 19.3. The molecule has 1 aromatic carbocycles. The molecule has 0 bridgehead atoms. The molecule has 0 aliphatic heterocycles. The second-order valence-corrected chi connectivity index (χ2v) is 5.92. The Morgan fingerprint density at radius 2 is 1.92 bits per heavy atom. The van der Waals surface area contributed by atoms with Crippen LogP contribution in [0.3, 0.4) is 0 Å². The summed E-state index contributed by atoms with van der Waals surface area (Å²) >= 11 is 0. The Balaban J connectivity index is 2.14. The predicted octanol–water partition coefficient (Wildman–Crippen LogP) is 2.54. The van der Waals surface area contributed by atoms with Crippen molar-refractivity contribution in [2.75, 3.05) is 19.5 Å². The highest BCUT2D eigenvalue weighted by molar-refractivity contribution is 5.95. The normalized spacial score (nSPS) is 11.8. The van der Waals surface area contributed by atoms with Crippen LogP contribution in [-0.4, -0.2) is 41.0 Å². The molecule has 1 atom stereocenters. The van der Waals surface area contributed by atoms with Crippen LogP contribution in [0.5, 0.6) is 5.75 Å². The van der Waals surface area contributed by atoms with E-state index in [1.807, 2.05) is 25.3 Å². The number of nitrogens with one attached hydrogen (secondary N) is 2. The van der Waals surface area contributed by atoms with Gasteiger partial charge in [0, 0.05) is 6.04 Å². The van der Waals surface area contributed by atoms with Crippen molar-refractivity contribution in [3.05, 3.63) is 35.9 Å². The van der Waals surface area contributed by atoms with E-state index in [2.05, 4.69) is 20.8 Å². The van der Waals surface area contributed by atoms with Gasteiger partial charge in [-0.2, -0.15) is 0 Å². The molecule has 9 nitrogen and oxygen atoms in total. The molecule has 9 heteroatoms. The van der Waals surface area contributed by atoms with Gasteiger partial charge in [0.2, 0.25) is 0 Å². The van der Waals surface area contributed by atoms with Gasteiger partial charge >= 0.3 is 12.0 Å². The van der Waals surface area contributed by atoms with Gasteiger partial charge in [0.25, 0.3) is 0 Å². The summed E-state index contributed by atoms with van der Waals surface area (Å²) in [4.78, 5) is 24.0. The van der Waals surface area contributed by atoms with Crippen LogP contribution in [0, 0.1) is 0 Å². The summed E-state index contributed by atoms with van der Waals surface area (Å²) < 4.78 is 11.8. The molecule has 0 spiro atoms. The fourth-order valence-electron chi connectivity index (χ4n) is 2.43. The van der Waals surface area contributed by atoms with E-state index in [4.69, 9.17) is 9.47 Å². The Morgan fingerprint density at radius 3 is 2.54 bits per heavy atom. The second-order valence-electron chi connectivity index (χ2n) is 5.92. The molecular weight excluding hydrogens is 338 g/mol. The highest BCUT2D eigenvalue weighted by atomic mass is 16.5. The number of aromatic nitrogens is 3. The average molecular weight is 361 g/mol. The summed E-state index contributed by atoms with van der Waals surface area (Å²) in [5.74, 6) is 0.561. The number of urea groups is 1. The first-order chi connectivity index (χ1) is 12.4. The number of nitrogens with zero attached hydrogens (tertiary/aromatic N) is 3. The first kappa shape index (κ1) is 19.2. The SMILES string of the molecule is COC(=O)c1ccc(OC)c(NC(=O)N[C@@H](C)c2nncn2C(C)C)c1. The molecule has 140 valence electrons. The highest BCUT2D eigenvalue weighted by Gasteiger charge is 2.18. The standard InChI is InChI=1S/C17H23N5O4/c1-10(2)22-9-18-21-15(22)11(3)19-17(24)20-13-8-12(16(23)26-5)6-7-14(13)25-4/h6-11H,1-5H3,(H2,19,20,24)/t11-/m0/s1. The number of amides is 2. The zero-order valence-electron chi connectivity index (χ0n) is 15.4. The number of anilines is 1. The molecule has 0 radical (unpaired) electrons. The lowest BCUT2D eigenvalue weighted by Crippen LogP contribution is -2.33. The van der Waals surface area contributed by atoms with Crippen molar-refractivity contribution in [3.8, 4) is 5.75 Å². The molecule has 1 heterocycles. The van der Waals surface area contributed by atoms with Crippen LogP contribution in [0.25, 0.3) is 0 Å². The number of hydrogen-bond donors (Lipinski definition) is 2. The van der Waals surface area contributed by atoms with E-state index in [9.17, 15) is 9.59 Å². The summed E-state index contributed by atoms with van der Waals surface area (Å²) in [6, 6.07) is 3.98. The maximum atomic E-state index is 12.4. The van der Waals surface area contributed by atoms with Crippen molar-refractivity contribution < 1.29 is 19.1 Å². The van der Waals surface area contributed by atoms with E-state index >= 15 is 0 Å². The lowest BCUT2D eigenvalue weighted by molar-refractivity contribution is 0.0600. The van der Waals surface area contributed by atoms with Crippen LogP contribution >= 0.6 is 0 Å². The summed E-state index contributed by atoms with van der Waals surface area (Å²) in [6.45, 7) is 5.82. The molecule has 0 aliphatic carbocycles. The van der Waals surface area contributed by atoms with Crippen LogP contribution in [0.4, 0.5) is 10.5 Å². The number of rotatable bonds is 6. The molecule has 0 fully saturated rings. The van der Waals surface area contributed by atoms with E-state index in [1.165, 1.54) is 20.3 Å². The molecular formula is C17H23N5O4. The number of ether oxygens (including phenoxy) is 2. The number of methoxy groups -OCH3 is 2. The van der Waals surface area contributed by atoms with Gasteiger partial charge < -0.3 is 24.7 Å². The number of hydrogen-bond acceptors (Lipinski definition) is 6. The van der Waals surface area contributed by atoms with Crippen molar-refractivity contribution in [1.29, 1.82) is 0 Å². The van der Waals surface area contributed by atoms with Crippen molar-refractivity contribution in [3.63, 3.8) is 0 Å². The van der Waals surface area contributed by atoms with Crippen molar-refractivity contribution in [1.82, 2.24) is 20.1 Å². The Kier molecular flexibility index (Phi) is 6.16. The minimum atomic E-state index is -0.505. The maximum Gasteiger partial charge on any atom is 0.337 e. The van der Waals surface area contributed by atoms with E-state index in [-0.39, 0.29) is 12.1 Å². The van der Waals surface area contributed by atoms with Crippen LogP contribution in [0.1, 0.15) is 49.0 Å². The third kappa shape index (κ3) is 4.29. The van der Waals surface area contributed by atoms with E-state index in [1.54, 1.807) is 18.5 Å². The topological polar surface area (TPSA) is 107 Å². The monoisotopic (exact) mass is 361 g/mol. The predicted molar refractivity (Wildman–Crippen MR) is 95.3 cm³/mol. The van der Waals surface area contributed by atoms with Crippen molar-refractivity contribution >= 4 is 17.7 Å². The quantitative estimate of drug-likeness (QED) is 0.766. The minimum Gasteiger partial charge on any atom is -0.495 e. The second kappa shape index (κ2) is 8.32. The number of carbonyl (C=O) groups excluding carboxylic acids is 2. The minimum absolute atomic E-state index is 0.171. The van der Waals surface area contributed by atoms with Gasteiger partial charge in [-0.15, -0.1) is 10.2 Å². The van der Waals surface area contributed by atoms with E-state index in [0.717, 1.165) is 0 Å². The van der Waals surface area contributed by atoms with Gasteiger partial charge in [-0.3, -0.25) is 0 Å². The Morgan fingerprint density at radius 1 is 1.19 bits per heavy atom. The third-order valence-corrected chi connectivity index (χ3v) is 3.76. The molecule has 0 aliphatic rings. The summed E-state index contributed by atoms with van der Waals surface area (Å²) in [6.07, 6.45) is 1.62. The Hall–Kier alpha value is -3.10. The van der Waals surface area contributed by atoms with Crippen LogP contribution in [0.2, 0.25) is 0 Å². The molecule has 1 aromatic heterocycles. The Labute approximate surface area is 151 Å². The van der Waals surface area contributed by atoms with Crippen LogP contribution < -0.4 is 15.4 Å². The molecule has 0 saturated carbocycles. The number of benzene rings is 1. The fourth-order valence-corrected chi connectivity index (χ4v) is 2.43. The van der Waals surface area contributed by atoms with Gasteiger partial charge in [-0.1, -0.05) is 0 Å². The van der Waals surface area contributed by atoms with Crippen molar-refractivity contribution in [2.45, 2.75) is 32.9 Å². The number of esters is 1. The molecule has 2 amide bonds. The van der Waals surface area contributed by atoms with Gasteiger partial charge in [-0.05, 0) is 39.0 Å². The lowest BCUT2D eigenvalue weighted by Gasteiger charge is -2.18. The average Bonchev–Trinajstić information content (AvgIpc) is 3.11. The van der Waals surface area contributed by atoms with Crippen LogP contribution in [0.15, 0.2) is 24.5 Å². The van der Waals surface area contributed by atoms with Gasteiger partial charge in [-0.25, -0.2) is 9.59 Å². The largest absolute Gasteiger partial charge is 0.495 e. The summed E-state index contributed by atoms with van der Waals surface area (Å²) in [5, 5.41) is 13.4.